The molecule has 0 spiro atoms. The van der Waals surface area contributed by atoms with Crippen molar-refractivity contribution in [3.63, 3.8) is 0 Å². The Labute approximate surface area is 108 Å². The number of hydrogen-bond donors (Lipinski definition) is 1. The summed E-state index contributed by atoms with van der Waals surface area (Å²) < 4.78 is 0. The third-order valence-electron chi connectivity index (χ3n) is 3.44. The van der Waals surface area contributed by atoms with E-state index in [1.54, 1.807) is 18.3 Å². The third-order valence-corrected chi connectivity index (χ3v) is 3.44. The van der Waals surface area contributed by atoms with Crippen LogP contribution >= 0.6 is 0 Å². The minimum Gasteiger partial charge on any atom is -0.384 e. The molecule has 0 saturated carbocycles. The fourth-order valence-electron chi connectivity index (χ4n) is 2.32. The molecule has 1 saturated heterocycles. The summed E-state index contributed by atoms with van der Waals surface area (Å²) in [6.45, 7) is 1.61. The van der Waals surface area contributed by atoms with Gasteiger partial charge in [0, 0.05) is 30.9 Å². The molecule has 2 heterocycles. The van der Waals surface area contributed by atoms with Crippen molar-refractivity contribution in [2.45, 2.75) is 18.9 Å². The average Bonchev–Trinajstić information content (AvgIpc) is 2.38. The first kappa shape index (κ1) is 12.8. The summed E-state index contributed by atoms with van der Waals surface area (Å²) in [6, 6.07) is 3.81. The molecule has 2 rings (SSSR count). The molecule has 0 radical (unpaired) electrons. The van der Waals surface area contributed by atoms with Gasteiger partial charge in [0.05, 0.1) is 0 Å². The summed E-state index contributed by atoms with van der Waals surface area (Å²) >= 11 is 0. The highest BCUT2D eigenvalue weighted by molar-refractivity contribution is 5.94. The molecule has 1 aliphatic heterocycles. The van der Waals surface area contributed by atoms with Crippen LogP contribution in [-0.4, -0.2) is 53.9 Å². The monoisotopic (exact) mass is 248 g/mol. The highest BCUT2D eigenvalue weighted by atomic mass is 16.2. The minimum absolute atomic E-state index is 0.0515. The zero-order chi connectivity index (χ0) is 13.1. The van der Waals surface area contributed by atoms with Crippen LogP contribution in [-0.2, 0) is 0 Å². The van der Waals surface area contributed by atoms with Gasteiger partial charge in [0.25, 0.3) is 5.91 Å². The number of anilines is 1. The molecule has 18 heavy (non-hydrogen) atoms. The van der Waals surface area contributed by atoms with Crippen molar-refractivity contribution in [1.82, 2.24) is 14.8 Å². The Balaban J connectivity index is 2.09. The number of nitrogens with zero attached hydrogens (tertiary/aromatic N) is 3. The van der Waals surface area contributed by atoms with E-state index in [4.69, 9.17) is 5.73 Å². The summed E-state index contributed by atoms with van der Waals surface area (Å²) in [7, 11) is 4.12. The molecule has 1 atom stereocenters. The van der Waals surface area contributed by atoms with Gasteiger partial charge in [-0.05, 0) is 39.1 Å². The summed E-state index contributed by atoms with van der Waals surface area (Å²) in [5.74, 6) is 0.442. The number of nitrogen functional groups attached to an aromatic ring is 1. The van der Waals surface area contributed by atoms with Crippen LogP contribution in [0.5, 0.6) is 0 Å². The van der Waals surface area contributed by atoms with Crippen LogP contribution in [0.15, 0.2) is 18.3 Å². The molecule has 0 aromatic carbocycles. The Morgan fingerprint density at radius 3 is 3.00 bits per heavy atom. The summed E-state index contributed by atoms with van der Waals surface area (Å²) in [5.41, 5.74) is 6.24. The highest BCUT2D eigenvalue weighted by Crippen LogP contribution is 2.16. The molecule has 1 amide bonds. The number of aromatic nitrogens is 1. The van der Waals surface area contributed by atoms with E-state index in [1.807, 2.05) is 4.90 Å². The number of likely N-dealkylation sites (tertiary alicyclic amines) is 1. The molecule has 0 aliphatic carbocycles. The van der Waals surface area contributed by atoms with E-state index in [0.29, 0.717) is 17.4 Å². The van der Waals surface area contributed by atoms with Gasteiger partial charge < -0.3 is 15.5 Å². The van der Waals surface area contributed by atoms with Gasteiger partial charge in [0.15, 0.2) is 0 Å². The molecule has 98 valence electrons. The van der Waals surface area contributed by atoms with E-state index in [1.165, 1.54) is 0 Å². The minimum atomic E-state index is 0.0515. The van der Waals surface area contributed by atoms with Crippen molar-refractivity contribution < 1.29 is 4.79 Å². The van der Waals surface area contributed by atoms with Crippen LogP contribution in [0.4, 0.5) is 5.82 Å². The average molecular weight is 248 g/mol. The van der Waals surface area contributed by atoms with Crippen molar-refractivity contribution in [2.75, 3.05) is 32.9 Å². The first-order valence-corrected chi connectivity index (χ1v) is 6.25. The lowest BCUT2D eigenvalue weighted by Crippen LogP contribution is -2.47. The van der Waals surface area contributed by atoms with E-state index in [2.05, 4.69) is 24.0 Å². The van der Waals surface area contributed by atoms with Crippen molar-refractivity contribution in [2.24, 2.45) is 0 Å². The Morgan fingerprint density at radius 1 is 1.56 bits per heavy atom. The van der Waals surface area contributed by atoms with Gasteiger partial charge in [-0.3, -0.25) is 4.79 Å². The number of amides is 1. The highest BCUT2D eigenvalue weighted by Gasteiger charge is 2.25. The molecule has 1 fully saturated rings. The molecular weight excluding hydrogens is 228 g/mol. The summed E-state index contributed by atoms with van der Waals surface area (Å²) in [6.07, 6.45) is 3.78. The van der Waals surface area contributed by atoms with Gasteiger partial charge in [-0.1, -0.05) is 0 Å². The quantitative estimate of drug-likeness (QED) is 0.842. The molecule has 5 heteroatoms. The molecular formula is C13H20N4O. The number of piperidine rings is 1. The second kappa shape index (κ2) is 5.35. The van der Waals surface area contributed by atoms with Crippen LogP contribution in [0.3, 0.4) is 0 Å². The van der Waals surface area contributed by atoms with E-state index >= 15 is 0 Å². The second-order valence-corrected chi connectivity index (χ2v) is 4.98. The zero-order valence-corrected chi connectivity index (χ0v) is 11.0. The fourth-order valence-corrected chi connectivity index (χ4v) is 2.32. The van der Waals surface area contributed by atoms with Gasteiger partial charge in [-0.15, -0.1) is 0 Å². The third kappa shape index (κ3) is 2.79. The van der Waals surface area contributed by atoms with E-state index in [0.717, 1.165) is 25.9 Å². The SMILES string of the molecule is CN(C)C1CCCN(C(=O)c2ccnc(N)c2)C1. The van der Waals surface area contributed by atoms with Crippen molar-refractivity contribution in [1.29, 1.82) is 0 Å². The fraction of sp³-hybridized carbons (Fsp3) is 0.538. The van der Waals surface area contributed by atoms with Crippen LogP contribution in [0.25, 0.3) is 0 Å². The largest absolute Gasteiger partial charge is 0.384 e. The van der Waals surface area contributed by atoms with Crippen molar-refractivity contribution in [3.8, 4) is 0 Å². The molecule has 1 unspecified atom stereocenters. The Morgan fingerprint density at radius 2 is 2.33 bits per heavy atom. The van der Waals surface area contributed by atoms with Gasteiger partial charge in [0.1, 0.15) is 5.82 Å². The number of likely N-dealkylation sites (N-methyl/N-ethyl adjacent to an activating group) is 1. The van der Waals surface area contributed by atoms with E-state index in [9.17, 15) is 4.79 Å². The van der Waals surface area contributed by atoms with Gasteiger partial charge in [-0.25, -0.2) is 4.98 Å². The second-order valence-electron chi connectivity index (χ2n) is 4.98. The summed E-state index contributed by atoms with van der Waals surface area (Å²) in [5, 5.41) is 0. The van der Waals surface area contributed by atoms with Crippen molar-refractivity contribution >= 4 is 11.7 Å². The molecule has 5 nitrogen and oxygen atoms in total. The lowest BCUT2D eigenvalue weighted by Gasteiger charge is -2.36. The number of hydrogen-bond acceptors (Lipinski definition) is 4. The maximum atomic E-state index is 12.3. The van der Waals surface area contributed by atoms with Crippen LogP contribution < -0.4 is 5.73 Å². The first-order valence-electron chi connectivity index (χ1n) is 6.25. The van der Waals surface area contributed by atoms with Crippen molar-refractivity contribution in [3.05, 3.63) is 23.9 Å². The Hall–Kier alpha value is -1.62. The predicted octanol–water partition coefficient (Wildman–Crippen LogP) is 0.830. The number of nitrogens with two attached hydrogens (primary N) is 1. The number of carbonyl (C=O) groups excluding carboxylic acids is 1. The van der Waals surface area contributed by atoms with Gasteiger partial charge >= 0.3 is 0 Å². The number of carbonyl (C=O) groups is 1. The molecule has 2 N–H and O–H groups in total. The van der Waals surface area contributed by atoms with E-state index < -0.39 is 0 Å². The number of pyridine rings is 1. The smallest absolute Gasteiger partial charge is 0.254 e. The van der Waals surface area contributed by atoms with Crippen LogP contribution in [0.1, 0.15) is 23.2 Å². The lowest BCUT2D eigenvalue weighted by molar-refractivity contribution is 0.0635. The molecule has 0 bridgehead atoms. The number of rotatable bonds is 2. The van der Waals surface area contributed by atoms with Gasteiger partial charge in [-0.2, -0.15) is 0 Å². The lowest BCUT2D eigenvalue weighted by atomic mass is 10.0. The topological polar surface area (TPSA) is 62.5 Å². The standard InChI is InChI=1S/C13H20N4O/c1-16(2)11-4-3-7-17(9-11)13(18)10-5-6-15-12(14)8-10/h5-6,8,11H,3-4,7,9H2,1-2H3,(H2,14,15). The molecule has 1 aromatic heterocycles. The molecule has 1 aliphatic rings. The first-order chi connectivity index (χ1) is 8.58. The normalized spacial score (nSPS) is 20.2. The van der Waals surface area contributed by atoms with E-state index in [-0.39, 0.29) is 5.91 Å². The van der Waals surface area contributed by atoms with Gasteiger partial charge in [0.2, 0.25) is 0 Å². The Kier molecular flexibility index (Phi) is 3.81. The zero-order valence-electron chi connectivity index (χ0n) is 11.0. The molecule has 1 aromatic rings. The Bertz CT molecular complexity index is 433. The summed E-state index contributed by atoms with van der Waals surface area (Å²) in [4.78, 5) is 20.3. The van der Waals surface area contributed by atoms with Crippen LogP contribution in [0, 0.1) is 0 Å². The van der Waals surface area contributed by atoms with Crippen LogP contribution in [0.2, 0.25) is 0 Å². The predicted molar refractivity (Wildman–Crippen MR) is 71.3 cm³/mol. The maximum absolute atomic E-state index is 12.3. The maximum Gasteiger partial charge on any atom is 0.254 e.